The van der Waals surface area contributed by atoms with Gasteiger partial charge in [-0.2, -0.15) is 0 Å². The van der Waals surface area contributed by atoms with E-state index in [1.54, 1.807) is 0 Å². The molecule has 0 saturated carbocycles. The van der Waals surface area contributed by atoms with E-state index in [2.05, 4.69) is 70.6 Å². The molecular weight excluding hydrogens is 384 g/mol. The van der Waals surface area contributed by atoms with Crippen molar-refractivity contribution in [2.24, 2.45) is 7.05 Å². The van der Waals surface area contributed by atoms with E-state index >= 15 is 0 Å². The molecule has 0 atom stereocenters. The Labute approximate surface area is 174 Å². The highest BCUT2D eigenvalue weighted by Crippen LogP contribution is 2.31. The van der Waals surface area contributed by atoms with Crippen LogP contribution >= 0.6 is 22.9 Å². The zero-order chi connectivity index (χ0) is 19.1. The van der Waals surface area contributed by atoms with Gasteiger partial charge in [0, 0.05) is 59.1 Å². The van der Waals surface area contributed by atoms with Crippen molar-refractivity contribution in [2.45, 2.75) is 12.8 Å². The van der Waals surface area contributed by atoms with E-state index in [0.717, 1.165) is 37.5 Å². The lowest BCUT2D eigenvalue weighted by Crippen LogP contribution is -2.30. The summed E-state index contributed by atoms with van der Waals surface area (Å²) in [5, 5.41) is 5.81. The van der Waals surface area contributed by atoms with Gasteiger partial charge in [0.25, 0.3) is 0 Å². The summed E-state index contributed by atoms with van der Waals surface area (Å²) >= 11 is 8.02. The number of rotatable bonds is 4. The number of aromatic nitrogens is 1. The van der Waals surface area contributed by atoms with Crippen LogP contribution in [0.3, 0.4) is 0 Å². The van der Waals surface area contributed by atoms with E-state index in [-0.39, 0.29) is 0 Å². The van der Waals surface area contributed by atoms with Crippen LogP contribution in [-0.4, -0.2) is 29.1 Å². The van der Waals surface area contributed by atoms with E-state index < -0.39 is 0 Å². The Morgan fingerprint density at radius 1 is 1.11 bits per heavy atom. The van der Waals surface area contributed by atoms with Crippen molar-refractivity contribution in [3.8, 4) is 0 Å². The molecule has 0 bridgehead atoms. The fraction of sp³-hybridized carbons (Fsp3) is 0.250. The Hall–Kier alpha value is -2.07. The largest absolute Gasteiger partial charge is 0.350 e. The average Bonchev–Trinajstić information content (AvgIpc) is 3.28. The minimum Gasteiger partial charge on any atom is -0.350 e. The number of hydrogen-bond donors (Lipinski definition) is 0. The third kappa shape index (κ3) is 3.28. The monoisotopic (exact) mass is 406 g/mol. The molecule has 4 aromatic rings. The summed E-state index contributed by atoms with van der Waals surface area (Å²) in [6.07, 6.45) is 6.91. The molecule has 0 aliphatic carbocycles. The molecule has 28 heavy (non-hydrogen) atoms. The molecule has 5 rings (SSSR count). The van der Waals surface area contributed by atoms with Crippen LogP contribution in [0.2, 0.25) is 5.02 Å². The van der Waals surface area contributed by atoms with E-state index in [0.29, 0.717) is 0 Å². The van der Waals surface area contributed by atoms with Crippen molar-refractivity contribution in [2.75, 3.05) is 19.6 Å². The summed E-state index contributed by atoms with van der Waals surface area (Å²) in [7, 11) is 2.14. The molecule has 1 aliphatic rings. The summed E-state index contributed by atoms with van der Waals surface area (Å²) in [5.74, 6) is 0. The average molecular weight is 407 g/mol. The lowest BCUT2D eigenvalue weighted by Gasteiger charge is -2.26. The molecule has 2 aromatic heterocycles. The van der Waals surface area contributed by atoms with Crippen LogP contribution in [0.15, 0.2) is 60.1 Å². The molecule has 0 spiro atoms. The molecule has 0 radical (unpaired) electrons. The van der Waals surface area contributed by atoms with Crippen molar-refractivity contribution in [1.82, 2.24) is 9.47 Å². The lowest BCUT2D eigenvalue weighted by atomic mass is 9.98. The van der Waals surface area contributed by atoms with Gasteiger partial charge in [-0.25, -0.2) is 0 Å². The minimum atomic E-state index is 0.827. The molecule has 0 N–H and O–H groups in total. The molecule has 3 heterocycles. The third-order valence-corrected chi connectivity index (χ3v) is 7.10. The van der Waals surface area contributed by atoms with Crippen molar-refractivity contribution in [1.29, 1.82) is 0 Å². The first-order valence-corrected chi connectivity index (χ1v) is 11.1. The van der Waals surface area contributed by atoms with Crippen LogP contribution in [0.5, 0.6) is 0 Å². The smallest absolute Gasteiger partial charge is 0.0484 e. The maximum atomic E-state index is 6.20. The Kier molecular flexibility index (Phi) is 4.75. The van der Waals surface area contributed by atoms with Crippen LogP contribution < -0.4 is 0 Å². The second-order valence-electron chi connectivity index (χ2n) is 7.60. The first-order valence-electron chi connectivity index (χ1n) is 9.80. The molecule has 2 nitrogen and oxygen atoms in total. The number of hydrogen-bond acceptors (Lipinski definition) is 2. The Bertz CT molecular complexity index is 1180. The second kappa shape index (κ2) is 7.40. The molecule has 0 fully saturated rings. The highest BCUT2D eigenvalue weighted by molar-refractivity contribution is 7.17. The summed E-state index contributed by atoms with van der Waals surface area (Å²) in [6, 6.07) is 14.9. The third-order valence-electron chi connectivity index (χ3n) is 5.85. The first kappa shape index (κ1) is 18.0. The van der Waals surface area contributed by atoms with Crippen molar-refractivity contribution < 1.29 is 0 Å². The summed E-state index contributed by atoms with van der Waals surface area (Å²) in [4.78, 5) is 2.56. The predicted molar refractivity (Wildman–Crippen MR) is 122 cm³/mol. The summed E-state index contributed by atoms with van der Waals surface area (Å²) in [6.45, 7) is 3.25. The molecule has 142 valence electrons. The van der Waals surface area contributed by atoms with Gasteiger partial charge in [0.1, 0.15) is 0 Å². The van der Waals surface area contributed by atoms with Gasteiger partial charge in [0.2, 0.25) is 0 Å². The zero-order valence-electron chi connectivity index (χ0n) is 16.0. The van der Waals surface area contributed by atoms with Crippen LogP contribution in [0.1, 0.15) is 17.5 Å². The SMILES string of the molecule is Cn1cc(C2=CCN(CCc3csc4ccc(Cl)cc34)CC2)c2ccccc21. The second-order valence-corrected chi connectivity index (χ2v) is 8.95. The number of halogens is 1. The van der Waals surface area contributed by atoms with Gasteiger partial charge in [-0.1, -0.05) is 35.9 Å². The van der Waals surface area contributed by atoms with E-state index in [1.165, 1.54) is 37.7 Å². The Balaban J connectivity index is 1.30. The van der Waals surface area contributed by atoms with Crippen molar-refractivity contribution in [3.63, 3.8) is 0 Å². The number of aryl methyl sites for hydroxylation is 1. The van der Waals surface area contributed by atoms with E-state index in [4.69, 9.17) is 11.6 Å². The van der Waals surface area contributed by atoms with Gasteiger partial charge in [-0.05, 0) is 59.0 Å². The summed E-state index contributed by atoms with van der Waals surface area (Å²) in [5.41, 5.74) is 5.62. The molecular formula is C24H23ClN2S. The molecule has 2 aromatic carbocycles. The highest BCUT2D eigenvalue weighted by Gasteiger charge is 2.17. The normalized spacial score (nSPS) is 15.4. The number of nitrogens with zero attached hydrogens (tertiary/aromatic N) is 2. The number of benzene rings is 2. The van der Waals surface area contributed by atoms with Gasteiger partial charge < -0.3 is 4.57 Å². The maximum absolute atomic E-state index is 6.20. The highest BCUT2D eigenvalue weighted by atomic mass is 35.5. The quantitative estimate of drug-likeness (QED) is 0.381. The number of thiophene rings is 1. The maximum Gasteiger partial charge on any atom is 0.0484 e. The van der Waals surface area contributed by atoms with E-state index in [1.807, 2.05) is 17.4 Å². The molecule has 4 heteroatoms. The summed E-state index contributed by atoms with van der Waals surface area (Å²) < 4.78 is 3.57. The fourth-order valence-electron chi connectivity index (χ4n) is 4.28. The number of para-hydroxylation sites is 1. The van der Waals surface area contributed by atoms with E-state index in [9.17, 15) is 0 Å². The van der Waals surface area contributed by atoms with Crippen LogP contribution in [0.4, 0.5) is 0 Å². The van der Waals surface area contributed by atoms with Gasteiger partial charge >= 0.3 is 0 Å². The first-order chi connectivity index (χ1) is 13.7. The Morgan fingerprint density at radius 2 is 2.00 bits per heavy atom. The van der Waals surface area contributed by atoms with Crippen LogP contribution in [0, 0.1) is 0 Å². The van der Waals surface area contributed by atoms with Crippen LogP contribution in [0.25, 0.3) is 26.6 Å². The number of fused-ring (bicyclic) bond motifs is 2. The lowest BCUT2D eigenvalue weighted by molar-refractivity contribution is 0.306. The Morgan fingerprint density at radius 3 is 2.86 bits per heavy atom. The van der Waals surface area contributed by atoms with Gasteiger partial charge in [0.15, 0.2) is 0 Å². The molecule has 1 aliphatic heterocycles. The molecule has 0 saturated heterocycles. The van der Waals surface area contributed by atoms with Gasteiger partial charge in [0.05, 0.1) is 0 Å². The van der Waals surface area contributed by atoms with Gasteiger partial charge in [-0.15, -0.1) is 11.3 Å². The zero-order valence-corrected chi connectivity index (χ0v) is 17.6. The van der Waals surface area contributed by atoms with Gasteiger partial charge in [-0.3, -0.25) is 4.90 Å². The van der Waals surface area contributed by atoms with Crippen molar-refractivity contribution in [3.05, 3.63) is 76.3 Å². The topological polar surface area (TPSA) is 8.17 Å². The molecule has 0 unspecified atom stereocenters. The minimum absolute atomic E-state index is 0.827. The standard InChI is InChI=1S/C24H23ClN2S/c1-26-15-22(20-4-2-3-5-23(20)26)17-8-11-27(12-9-17)13-10-18-16-28-24-7-6-19(25)14-21(18)24/h2-8,14-16H,9-13H2,1H3. The predicted octanol–water partition coefficient (Wildman–Crippen LogP) is 6.38. The molecule has 0 amide bonds. The fourth-order valence-corrected chi connectivity index (χ4v) is 5.43. The van der Waals surface area contributed by atoms with Crippen molar-refractivity contribution >= 4 is 49.5 Å². The van der Waals surface area contributed by atoms with Crippen LogP contribution in [-0.2, 0) is 13.5 Å².